The summed E-state index contributed by atoms with van der Waals surface area (Å²) in [6, 6.07) is 17.4. The summed E-state index contributed by atoms with van der Waals surface area (Å²) in [6.45, 7) is 6.50. The lowest BCUT2D eigenvalue weighted by molar-refractivity contribution is -0.120. The highest BCUT2D eigenvalue weighted by Crippen LogP contribution is 2.25. The smallest absolute Gasteiger partial charge is 0.252 e. The number of carbonyl (C=O) groups excluding carboxylic acids is 2. The van der Waals surface area contributed by atoms with Crippen molar-refractivity contribution >= 4 is 22.7 Å². The van der Waals surface area contributed by atoms with Gasteiger partial charge in [0, 0.05) is 37.1 Å². The number of hydrogen-bond donors (Lipinski definition) is 2. The third kappa shape index (κ3) is 5.49. The van der Waals surface area contributed by atoms with Gasteiger partial charge in [-0.3, -0.25) is 14.5 Å². The van der Waals surface area contributed by atoms with Gasteiger partial charge in [-0.25, -0.2) is 4.98 Å². The molecule has 1 saturated heterocycles. The average molecular weight is 433 g/mol. The van der Waals surface area contributed by atoms with Gasteiger partial charge < -0.3 is 15.4 Å². The summed E-state index contributed by atoms with van der Waals surface area (Å²) in [5.74, 6) is -0.496. The zero-order valence-corrected chi connectivity index (χ0v) is 18.3. The van der Waals surface area contributed by atoms with Crippen LogP contribution in [0, 0.1) is 6.92 Å². The van der Waals surface area contributed by atoms with Crippen LogP contribution in [0.5, 0.6) is 0 Å². The van der Waals surface area contributed by atoms with Crippen molar-refractivity contribution in [2.45, 2.75) is 6.92 Å². The van der Waals surface area contributed by atoms with E-state index in [4.69, 9.17) is 9.72 Å². The van der Waals surface area contributed by atoms with Gasteiger partial charge in [-0.15, -0.1) is 0 Å². The van der Waals surface area contributed by atoms with Gasteiger partial charge in [0.1, 0.15) is 0 Å². The molecule has 2 heterocycles. The Labute approximate surface area is 187 Å². The molecule has 166 valence electrons. The number of para-hydroxylation sites is 1. The maximum atomic E-state index is 13.0. The van der Waals surface area contributed by atoms with E-state index in [2.05, 4.69) is 15.5 Å². The Hall–Kier alpha value is -3.29. The van der Waals surface area contributed by atoms with E-state index < -0.39 is 0 Å². The van der Waals surface area contributed by atoms with Crippen LogP contribution in [0.1, 0.15) is 15.9 Å². The maximum absolute atomic E-state index is 13.0. The van der Waals surface area contributed by atoms with E-state index in [1.54, 1.807) is 6.07 Å². The molecule has 7 nitrogen and oxygen atoms in total. The van der Waals surface area contributed by atoms with Crippen LogP contribution < -0.4 is 10.6 Å². The molecule has 0 atom stereocenters. The number of benzene rings is 2. The van der Waals surface area contributed by atoms with Gasteiger partial charge in [0.2, 0.25) is 5.91 Å². The molecule has 2 amide bonds. The summed E-state index contributed by atoms with van der Waals surface area (Å²) in [7, 11) is 0. The Morgan fingerprint density at radius 3 is 2.56 bits per heavy atom. The van der Waals surface area contributed by atoms with Crippen molar-refractivity contribution in [1.82, 2.24) is 20.5 Å². The maximum Gasteiger partial charge on any atom is 0.252 e. The van der Waals surface area contributed by atoms with Crippen molar-refractivity contribution in [2.24, 2.45) is 0 Å². The van der Waals surface area contributed by atoms with Crippen molar-refractivity contribution < 1.29 is 14.3 Å². The minimum Gasteiger partial charge on any atom is -0.379 e. The number of pyridine rings is 1. The van der Waals surface area contributed by atoms with E-state index in [9.17, 15) is 9.59 Å². The first-order valence-electron chi connectivity index (χ1n) is 10.9. The number of ether oxygens (including phenoxy) is 1. The van der Waals surface area contributed by atoms with Crippen LogP contribution in [0.2, 0.25) is 0 Å². The number of rotatable bonds is 7. The number of fused-ring (bicyclic) bond motifs is 1. The van der Waals surface area contributed by atoms with Crippen molar-refractivity contribution in [3.05, 3.63) is 65.7 Å². The summed E-state index contributed by atoms with van der Waals surface area (Å²) in [5.41, 5.74) is 4.07. The topological polar surface area (TPSA) is 83.6 Å². The Morgan fingerprint density at radius 2 is 1.78 bits per heavy atom. The lowest BCUT2D eigenvalue weighted by Crippen LogP contribution is -2.43. The Bertz CT molecular complexity index is 1090. The van der Waals surface area contributed by atoms with Crippen LogP contribution in [-0.4, -0.2) is 67.6 Å². The minimum atomic E-state index is -0.291. The second-order valence-electron chi connectivity index (χ2n) is 7.92. The van der Waals surface area contributed by atoms with Crippen LogP contribution >= 0.6 is 0 Å². The number of nitrogens with zero attached hydrogens (tertiary/aromatic N) is 2. The number of nitrogens with one attached hydrogen (secondary N) is 2. The van der Waals surface area contributed by atoms with Crippen LogP contribution in [0.3, 0.4) is 0 Å². The molecule has 0 saturated carbocycles. The second kappa shape index (κ2) is 10.3. The summed E-state index contributed by atoms with van der Waals surface area (Å²) in [5, 5.41) is 6.38. The Kier molecular flexibility index (Phi) is 7.09. The lowest BCUT2D eigenvalue weighted by atomic mass is 10.0. The minimum absolute atomic E-state index is 0.0710. The molecule has 1 fully saturated rings. The predicted molar refractivity (Wildman–Crippen MR) is 125 cm³/mol. The third-order valence-corrected chi connectivity index (χ3v) is 5.57. The number of aromatic nitrogens is 1. The predicted octanol–water partition coefficient (Wildman–Crippen LogP) is 2.39. The molecule has 2 aromatic carbocycles. The zero-order chi connectivity index (χ0) is 22.3. The van der Waals surface area contributed by atoms with Crippen molar-refractivity contribution in [1.29, 1.82) is 0 Å². The molecule has 1 aromatic heterocycles. The van der Waals surface area contributed by atoms with E-state index in [0.29, 0.717) is 12.1 Å². The van der Waals surface area contributed by atoms with Gasteiger partial charge in [-0.1, -0.05) is 48.0 Å². The highest BCUT2D eigenvalue weighted by Gasteiger charge is 2.15. The van der Waals surface area contributed by atoms with Crippen LogP contribution in [0.15, 0.2) is 54.6 Å². The molecule has 0 aliphatic carbocycles. The molecule has 32 heavy (non-hydrogen) atoms. The van der Waals surface area contributed by atoms with Crippen LogP contribution in [-0.2, 0) is 9.53 Å². The number of morpholine rings is 1. The van der Waals surface area contributed by atoms with Gasteiger partial charge in [0.25, 0.3) is 5.91 Å². The van der Waals surface area contributed by atoms with Gasteiger partial charge in [0.05, 0.1) is 36.5 Å². The number of aryl methyl sites for hydroxylation is 1. The van der Waals surface area contributed by atoms with Crippen molar-refractivity contribution in [3.8, 4) is 11.3 Å². The fraction of sp³-hybridized carbons (Fsp3) is 0.320. The first kappa shape index (κ1) is 21.9. The second-order valence-corrected chi connectivity index (χ2v) is 7.92. The molecule has 0 bridgehead atoms. The Morgan fingerprint density at radius 1 is 1.03 bits per heavy atom. The van der Waals surface area contributed by atoms with E-state index in [1.165, 1.54) is 0 Å². The molecular weight excluding hydrogens is 404 g/mol. The number of hydrogen-bond acceptors (Lipinski definition) is 5. The van der Waals surface area contributed by atoms with Crippen LogP contribution in [0.4, 0.5) is 0 Å². The zero-order valence-electron chi connectivity index (χ0n) is 18.3. The molecule has 7 heteroatoms. The average Bonchev–Trinajstić information content (AvgIpc) is 2.83. The molecule has 3 aromatic rings. The Balaban J connectivity index is 1.42. The molecule has 1 aliphatic heterocycles. The van der Waals surface area contributed by atoms with Crippen molar-refractivity contribution in [3.63, 3.8) is 0 Å². The van der Waals surface area contributed by atoms with E-state index >= 15 is 0 Å². The number of carbonyl (C=O) groups is 2. The SMILES string of the molecule is Cc1ccc(-c2cc(C(=O)NCC(=O)NCCN3CCOCC3)c3ccccc3n2)cc1. The fourth-order valence-corrected chi connectivity index (χ4v) is 3.73. The van der Waals surface area contributed by atoms with Gasteiger partial charge >= 0.3 is 0 Å². The summed E-state index contributed by atoms with van der Waals surface area (Å²) >= 11 is 0. The van der Waals surface area contributed by atoms with Gasteiger partial charge in [-0.05, 0) is 19.1 Å². The molecule has 0 radical (unpaired) electrons. The van der Waals surface area contributed by atoms with Gasteiger partial charge in [0.15, 0.2) is 0 Å². The normalized spacial score (nSPS) is 14.3. The molecule has 0 unspecified atom stereocenters. The quantitative estimate of drug-likeness (QED) is 0.599. The van der Waals surface area contributed by atoms with E-state index in [0.717, 1.165) is 60.6 Å². The fourth-order valence-electron chi connectivity index (χ4n) is 3.73. The summed E-state index contributed by atoms with van der Waals surface area (Å²) < 4.78 is 5.33. The largest absolute Gasteiger partial charge is 0.379 e. The first-order chi connectivity index (χ1) is 15.6. The van der Waals surface area contributed by atoms with Crippen molar-refractivity contribution in [2.75, 3.05) is 45.9 Å². The number of amides is 2. The molecule has 2 N–H and O–H groups in total. The first-order valence-corrected chi connectivity index (χ1v) is 10.9. The third-order valence-electron chi connectivity index (χ3n) is 5.57. The monoisotopic (exact) mass is 432 g/mol. The summed E-state index contributed by atoms with van der Waals surface area (Å²) in [4.78, 5) is 32.2. The van der Waals surface area contributed by atoms with Gasteiger partial charge in [-0.2, -0.15) is 0 Å². The highest BCUT2D eigenvalue weighted by molar-refractivity contribution is 6.08. The molecule has 4 rings (SSSR count). The van der Waals surface area contributed by atoms with Crippen LogP contribution in [0.25, 0.3) is 22.2 Å². The molecular formula is C25H28N4O3. The molecule has 0 spiro atoms. The van der Waals surface area contributed by atoms with E-state index in [1.807, 2.05) is 55.5 Å². The van der Waals surface area contributed by atoms with E-state index in [-0.39, 0.29) is 18.4 Å². The lowest BCUT2D eigenvalue weighted by Gasteiger charge is -2.26. The standard InChI is InChI=1S/C25H28N4O3/c1-18-6-8-19(9-7-18)23-16-21(20-4-2-3-5-22(20)28-23)25(31)27-17-24(30)26-10-11-29-12-14-32-15-13-29/h2-9,16H,10-15,17H2,1H3,(H,26,30)(H,27,31). The summed E-state index contributed by atoms with van der Waals surface area (Å²) in [6.07, 6.45) is 0. The highest BCUT2D eigenvalue weighted by atomic mass is 16.5. The molecule has 1 aliphatic rings.